The van der Waals surface area contributed by atoms with Crippen molar-refractivity contribution >= 4 is 12.0 Å². The van der Waals surface area contributed by atoms with Crippen LogP contribution < -0.4 is 5.32 Å². The van der Waals surface area contributed by atoms with Crippen molar-refractivity contribution in [2.24, 2.45) is 5.41 Å². The van der Waals surface area contributed by atoms with E-state index >= 15 is 0 Å². The SMILES string of the molecule is CCN1CCN(C(=O)NCC2(C(=O)O)CCCCC2)CC1. The minimum Gasteiger partial charge on any atom is -0.481 e. The number of aliphatic carboxylic acids is 1. The molecule has 2 N–H and O–H groups in total. The summed E-state index contributed by atoms with van der Waals surface area (Å²) >= 11 is 0. The molecule has 120 valence electrons. The number of piperazine rings is 1. The van der Waals surface area contributed by atoms with Crippen LogP contribution >= 0.6 is 0 Å². The third-order valence-electron chi connectivity index (χ3n) is 4.95. The molecule has 1 heterocycles. The summed E-state index contributed by atoms with van der Waals surface area (Å²) in [7, 11) is 0. The van der Waals surface area contributed by atoms with Crippen molar-refractivity contribution in [2.75, 3.05) is 39.3 Å². The highest BCUT2D eigenvalue weighted by molar-refractivity contribution is 5.78. The number of nitrogens with one attached hydrogen (secondary N) is 1. The molecule has 1 aliphatic heterocycles. The number of urea groups is 1. The van der Waals surface area contributed by atoms with Crippen LogP contribution in [0.4, 0.5) is 4.79 Å². The first kappa shape index (κ1) is 16.1. The lowest BCUT2D eigenvalue weighted by Gasteiger charge is -2.36. The van der Waals surface area contributed by atoms with Crippen molar-refractivity contribution in [1.82, 2.24) is 15.1 Å². The molecule has 0 aromatic heterocycles. The predicted octanol–water partition coefficient (Wildman–Crippen LogP) is 1.37. The Morgan fingerprint density at radius 3 is 2.24 bits per heavy atom. The summed E-state index contributed by atoms with van der Waals surface area (Å²) in [6.07, 6.45) is 4.33. The number of carboxylic acid groups (broad SMARTS) is 1. The number of carboxylic acids is 1. The van der Waals surface area contributed by atoms with Crippen LogP contribution in [0.2, 0.25) is 0 Å². The quantitative estimate of drug-likeness (QED) is 0.822. The van der Waals surface area contributed by atoms with Crippen LogP contribution in [0.15, 0.2) is 0 Å². The van der Waals surface area contributed by atoms with Gasteiger partial charge in [0.05, 0.1) is 5.41 Å². The Bertz CT molecular complexity index is 372. The van der Waals surface area contributed by atoms with Crippen LogP contribution in [0.3, 0.4) is 0 Å². The van der Waals surface area contributed by atoms with Gasteiger partial charge in [-0.2, -0.15) is 0 Å². The van der Waals surface area contributed by atoms with Gasteiger partial charge in [-0.05, 0) is 19.4 Å². The van der Waals surface area contributed by atoms with Crippen molar-refractivity contribution in [1.29, 1.82) is 0 Å². The van der Waals surface area contributed by atoms with Crippen LogP contribution in [0.1, 0.15) is 39.0 Å². The molecule has 1 saturated carbocycles. The van der Waals surface area contributed by atoms with Crippen LogP contribution in [0.25, 0.3) is 0 Å². The maximum Gasteiger partial charge on any atom is 0.317 e. The molecular formula is C15H27N3O3. The minimum absolute atomic E-state index is 0.114. The number of hydrogen-bond donors (Lipinski definition) is 2. The van der Waals surface area contributed by atoms with E-state index in [1.807, 2.05) is 0 Å². The normalized spacial score (nSPS) is 22.8. The third-order valence-corrected chi connectivity index (χ3v) is 4.95. The molecule has 0 aromatic carbocycles. The lowest BCUT2D eigenvalue weighted by Crippen LogP contribution is -2.54. The number of nitrogens with zero attached hydrogens (tertiary/aromatic N) is 2. The maximum atomic E-state index is 12.2. The molecule has 1 saturated heterocycles. The van der Waals surface area contributed by atoms with E-state index in [0.717, 1.165) is 52.0 Å². The first-order valence-electron chi connectivity index (χ1n) is 8.06. The van der Waals surface area contributed by atoms with E-state index < -0.39 is 11.4 Å². The summed E-state index contributed by atoms with van der Waals surface area (Å²) in [6.45, 7) is 6.63. The summed E-state index contributed by atoms with van der Waals surface area (Å²) in [5, 5.41) is 12.4. The summed E-state index contributed by atoms with van der Waals surface area (Å²) < 4.78 is 0. The Kier molecular flexibility index (Phi) is 5.45. The largest absolute Gasteiger partial charge is 0.481 e. The average Bonchev–Trinajstić information content (AvgIpc) is 2.53. The summed E-state index contributed by atoms with van der Waals surface area (Å²) in [5.74, 6) is -0.765. The van der Waals surface area contributed by atoms with Crippen molar-refractivity contribution < 1.29 is 14.7 Å². The van der Waals surface area contributed by atoms with Gasteiger partial charge in [-0.25, -0.2) is 4.79 Å². The van der Waals surface area contributed by atoms with Crippen molar-refractivity contribution in [3.05, 3.63) is 0 Å². The molecule has 0 radical (unpaired) electrons. The van der Waals surface area contributed by atoms with E-state index in [2.05, 4.69) is 17.1 Å². The van der Waals surface area contributed by atoms with Gasteiger partial charge in [-0.15, -0.1) is 0 Å². The van der Waals surface area contributed by atoms with Crippen molar-refractivity contribution in [3.63, 3.8) is 0 Å². The highest BCUT2D eigenvalue weighted by atomic mass is 16.4. The maximum absolute atomic E-state index is 12.2. The van der Waals surface area contributed by atoms with E-state index in [4.69, 9.17) is 0 Å². The van der Waals surface area contributed by atoms with Crippen LogP contribution in [-0.2, 0) is 4.79 Å². The fourth-order valence-electron chi connectivity index (χ4n) is 3.32. The lowest BCUT2D eigenvalue weighted by atomic mass is 9.74. The van der Waals surface area contributed by atoms with E-state index in [0.29, 0.717) is 12.8 Å². The molecule has 6 heteroatoms. The Hall–Kier alpha value is -1.30. The second-order valence-electron chi connectivity index (χ2n) is 6.23. The van der Waals surface area contributed by atoms with Gasteiger partial charge in [0.25, 0.3) is 0 Å². The number of carbonyl (C=O) groups excluding carboxylic acids is 1. The summed E-state index contributed by atoms with van der Waals surface area (Å²) in [4.78, 5) is 27.9. The Labute approximate surface area is 126 Å². The Morgan fingerprint density at radius 2 is 1.71 bits per heavy atom. The van der Waals surface area contributed by atoms with E-state index in [1.54, 1.807) is 4.90 Å². The third kappa shape index (κ3) is 3.87. The van der Waals surface area contributed by atoms with Gasteiger partial charge in [0.15, 0.2) is 0 Å². The number of amides is 2. The number of rotatable bonds is 4. The zero-order chi connectivity index (χ0) is 15.3. The molecule has 0 aromatic rings. The molecule has 1 aliphatic carbocycles. The summed E-state index contributed by atoms with van der Waals surface area (Å²) in [5.41, 5.74) is -0.751. The fraction of sp³-hybridized carbons (Fsp3) is 0.867. The number of carbonyl (C=O) groups is 2. The zero-order valence-corrected chi connectivity index (χ0v) is 12.9. The first-order chi connectivity index (χ1) is 10.1. The first-order valence-corrected chi connectivity index (χ1v) is 8.06. The van der Waals surface area contributed by atoms with Gasteiger partial charge in [0, 0.05) is 32.7 Å². The molecule has 2 fully saturated rings. The molecule has 2 aliphatic rings. The molecule has 21 heavy (non-hydrogen) atoms. The molecule has 0 bridgehead atoms. The molecule has 0 atom stereocenters. The average molecular weight is 297 g/mol. The van der Waals surface area contributed by atoms with Crippen LogP contribution in [0.5, 0.6) is 0 Å². The van der Waals surface area contributed by atoms with Crippen LogP contribution in [-0.4, -0.2) is 66.2 Å². The minimum atomic E-state index is -0.765. The molecule has 2 amide bonds. The van der Waals surface area contributed by atoms with Gasteiger partial charge in [-0.1, -0.05) is 26.2 Å². The molecular weight excluding hydrogens is 270 g/mol. The number of hydrogen-bond acceptors (Lipinski definition) is 3. The fourth-order valence-corrected chi connectivity index (χ4v) is 3.32. The smallest absolute Gasteiger partial charge is 0.317 e. The topological polar surface area (TPSA) is 72.9 Å². The molecule has 2 rings (SSSR count). The monoisotopic (exact) mass is 297 g/mol. The molecule has 0 spiro atoms. The highest BCUT2D eigenvalue weighted by Gasteiger charge is 2.40. The predicted molar refractivity (Wildman–Crippen MR) is 80.2 cm³/mol. The zero-order valence-electron chi connectivity index (χ0n) is 12.9. The van der Waals surface area contributed by atoms with Gasteiger partial charge < -0.3 is 20.2 Å². The van der Waals surface area contributed by atoms with Gasteiger partial charge >= 0.3 is 12.0 Å². The molecule has 0 unspecified atom stereocenters. The van der Waals surface area contributed by atoms with E-state index in [-0.39, 0.29) is 12.6 Å². The second kappa shape index (κ2) is 7.11. The van der Waals surface area contributed by atoms with Crippen LogP contribution in [0, 0.1) is 5.41 Å². The highest BCUT2D eigenvalue weighted by Crippen LogP contribution is 2.36. The van der Waals surface area contributed by atoms with Gasteiger partial charge in [-0.3, -0.25) is 4.79 Å². The van der Waals surface area contributed by atoms with Crippen molar-refractivity contribution in [3.8, 4) is 0 Å². The lowest BCUT2D eigenvalue weighted by molar-refractivity contribution is -0.150. The second-order valence-corrected chi connectivity index (χ2v) is 6.23. The molecule has 6 nitrogen and oxygen atoms in total. The number of likely N-dealkylation sites (N-methyl/N-ethyl adjacent to an activating group) is 1. The Balaban J connectivity index is 1.83. The summed E-state index contributed by atoms with van der Waals surface area (Å²) in [6, 6.07) is -0.114. The van der Waals surface area contributed by atoms with E-state index in [1.165, 1.54) is 0 Å². The van der Waals surface area contributed by atoms with Crippen molar-refractivity contribution in [2.45, 2.75) is 39.0 Å². The standard InChI is InChI=1S/C15H27N3O3/c1-2-17-8-10-18(11-9-17)14(21)16-12-15(13(19)20)6-4-3-5-7-15/h2-12H2,1H3,(H,16,21)(H,19,20). The van der Waals surface area contributed by atoms with Gasteiger partial charge in [0.2, 0.25) is 0 Å². The van der Waals surface area contributed by atoms with E-state index in [9.17, 15) is 14.7 Å². The van der Waals surface area contributed by atoms with Gasteiger partial charge in [0.1, 0.15) is 0 Å². The Morgan fingerprint density at radius 1 is 1.10 bits per heavy atom.